The van der Waals surface area contributed by atoms with Crippen molar-refractivity contribution in [3.05, 3.63) is 11.8 Å². The van der Waals surface area contributed by atoms with E-state index in [9.17, 15) is 4.79 Å². The van der Waals surface area contributed by atoms with Crippen LogP contribution in [0.2, 0.25) is 0 Å². The van der Waals surface area contributed by atoms with Gasteiger partial charge >= 0.3 is 0 Å². The van der Waals surface area contributed by atoms with Crippen molar-refractivity contribution in [1.29, 1.82) is 0 Å². The molecule has 1 aromatic heterocycles. The number of carbonyl (C=O) groups excluding carboxylic acids is 1. The maximum Gasteiger partial charge on any atom is 0.240 e. The van der Waals surface area contributed by atoms with E-state index in [1.807, 2.05) is 39.5 Å². The highest BCUT2D eigenvalue weighted by molar-refractivity contribution is 5.91. The quantitative estimate of drug-likeness (QED) is 0.805. The van der Waals surface area contributed by atoms with E-state index in [-0.39, 0.29) is 30.5 Å². The van der Waals surface area contributed by atoms with Crippen LogP contribution in [0.25, 0.3) is 0 Å². The van der Waals surface area contributed by atoms with Crippen molar-refractivity contribution in [3.8, 4) is 0 Å². The predicted octanol–water partition coefficient (Wildman–Crippen LogP) is 2.00. The van der Waals surface area contributed by atoms with E-state index < -0.39 is 0 Å². The molecule has 2 N–H and O–H groups in total. The summed E-state index contributed by atoms with van der Waals surface area (Å²) in [5.41, 5.74) is 0.691. The number of anilines is 1. The highest BCUT2D eigenvalue weighted by Gasteiger charge is 2.20. The first-order valence-electron chi connectivity index (χ1n) is 7.36. The molecule has 0 aliphatic carbocycles. The number of amides is 1. The SMILES string of the molecule is CC(C)N(CCCO)CC(=O)Nc1cc(C(C)(C)C)no1. The lowest BCUT2D eigenvalue weighted by Crippen LogP contribution is -2.38. The Hall–Kier alpha value is -1.40. The van der Waals surface area contributed by atoms with Gasteiger partial charge in [0.15, 0.2) is 0 Å². The van der Waals surface area contributed by atoms with Crippen LogP contribution in [0.3, 0.4) is 0 Å². The lowest BCUT2D eigenvalue weighted by atomic mass is 9.92. The van der Waals surface area contributed by atoms with Crippen molar-refractivity contribution in [3.63, 3.8) is 0 Å². The molecule has 1 amide bonds. The molecule has 0 saturated carbocycles. The average Bonchev–Trinajstić information content (AvgIpc) is 2.82. The van der Waals surface area contributed by atoms with Gasteiger partial charge in [0.05, 0.1) is 12.2 Å². The van der Waals surface area contributed by atoms with Crippen molar-refractivity contribution in [2.45, 2.75) is 52.5 Å². The molecule has 0 bridgehead atoms. The molecule has 0 aliphatic rings. The van der Waals surface area contributed by atoms with E-state index in [1.165, 1.54) is 0 Å². The molecule has 1 heterocycles. The number of aliphatic hydroxyl groups is 1. The van der Waals surface area contributed by atoms with Crippen LogP contribution in [0.15, 0.2) is 10.6 Å². The first-order valence-corrected chi connectivity index (χ1v) is 7.36. The zero-order chi connectivity index (χ0) is 16.0. The van der Waals surface area contributed by atoms with Crippen LogP contribution in [0.5, 0.6) is 0 Å². The maximum atomic E-state index is 12.0. The Bertz CT molecular complexity index is 449. The van der Waals surface area contributed by atoms with E-state index in [0.717, 1.165) is 5.69 Å². The molecule has 0 unspecified atom stereocenters. The van der Waals surface area contributed by atoms with Gasteiger partial charge in [0.1, 0.15) is 0 Å². The largest absolute Gasteiger partial charge is 0.396 e. The first-order chi connectivity index (χ1) is 9.74. The van der Waals surface area contributed by atoms with Crippen LogP contribution in [0.1, 0.15) is 46.7 Å². The molecule has 6 heteroatoms. The lowest BCUT2D eigenvalue weighted by Gasteiger charge is -2.25. The van der Waals surface area contributed by atoms with Gasteiger partial charge in [0.2, 0.25) is 11.8 Å². The van der Waals surface area contributed by atoms with Gasteiger partial charge in [0.25, 0.3) is 0 Å². The third kappa shape index (κ3) is 5.85. The van der Waals surface area contributed by atoms with Gasteiger partial charge in [-0.05, 0) is 20.3 Å². The van der Waals surface area contributed by atoms with Crippen LogP contribution >= 0.6 is 0 Å². The minimum absolute atomic E-state index is 0.114. The van der Waals surface area contributed by atoms with E-state index in [1.54, 1.807) is 6.07 Å². The van der Waals surface area contributed by atoms with Crippen LogP contribution < -0.4 is 5.32 Å². The summed E-state index contributed by atoms with van der Waals surface area (Å²) in [5.74, 6) is 0.231. The van der Waals surface area contributed by atoms with Gasteiger partial charge < -0.3 is 9.63 Å². The Kier molecular flexibility index (Phi) is 6.36. The Morgan fingerprint density at radius 1 is 1.48 bits per heavy atom. The van der Waals surface area contributed by atoms with Crippen LogP contribution in [-0.4, -0.2) is 46.8 Å². The molecule has 21 heavy (non-hydrogen) atoms. The zero-order valence-electron chi connectivity index (χ0n) is 13.6. The Morgan fingerprint density at radius 3 is 2.62 bits per heavy atom. The third-order valence-electron chi connectivity index (χ3n) is 3.22. The second kappa shape index (κ2) is 7.56. The summed E-state index contributed by atoms with van der Waals surface area (Å²) in [7, 11) is 0. The molecule has 0 spiro atoms. The fourth-order valence-electron chi connectivity index (χ4n) is 1.84. The topological polar surface area (TPSA) is 78.6 Å². The number of aliphatic hydroxyl groups excluding tert-OH is 1. The monoisotopic (exact) mass is 297 g/mol. The highest BCUT2D eigenvalue weighted by atomic mass is 16.5. The number of nitrogens with one attached hydrogen (secondary N) is 1. The van der Waals surface area contributed by atoms with Crippen LogP contribution in [-0.2, 0) is 10.2 Å². The summed E-state index contributed by atoms with van der Waals surface area (Å²) in [6.07, 6.45) is 0.655. The van der Waals surface area contributed by atoms with Crippen molar-refractivity contribution in [2.24, 2.45) is 0 Å². The first kappa shape index (κ1) is 17.7. The van der Waals surface area contributed by atoms with Crippen molar-refractivity contribution >= 4 is 11.8 Å². The van der Waals surface area contributed by atoms with E-state index in [2.05, 4.69) is 10.5 Å². The molecular weight excluding hydrogens is 270 g/mol. The minimum Gasteiger partial charge on any atom is -0.396 e. The van der Waals surface area contributed by atoms with Crippen LogP contribution in [0.4, 0.5) is 5.88 Å². The molecule has 1 aromatic rings. The summed E-state index contributed by atoms with van der Waals surface area (Å²) < 4.78 is 5.14. The smallest absolute Gasteiger partial charge is 0.240 e. The van der Waals surface area contributed by atoms with Gasteiger partial charge in [-0.2, -0.15) is 0 Å². The van der Waals surface area contributed by atoms with Gasteiger partial charge in [0, 0.05) is 30.7 Å². The number of aromatic nitrogens is 1. The van der Waals surface area contributed by atoms with Crippen LogP contribution in [0, 0.1) is 0 Å². The number of rotatable bonds is 7. The fraction of sp³-hybridized carbons (Fsp3) is 0.733. The maximum absolute atomic E-state index is 12.0. The molecule has 0 radical (unpaired) electrons. The molecule has 6 nitrogen and oxygen atoms in total. The summed E-state index contributed by atoms with van der Waals surface area (Å²) >= 11 is 0. The third-order valence-corrected chi connectivity index (χ3v) is 3.22. The van der Waals surface area contributed by atoms with Gasteiger partial charge in [-0.15, -0.1) is 0 Å². The van der Waals surface area contributed by atoms with Gasteiger partial charge in [-0.1, -0.05) is 25.9 Å². The molecule has 0 aliphatic heterocycles. The molecule has 1 rings (SSSR count). The Balaban J connectivity index is 2.57. The summed E-state index contributed by atoms with van der Waals surface area (Å²) in [6.45, 7) is 11.2. The number of hydrogen-bond donors (Lipinski definition) is 2. The molecular formula is C15H27N3O3. The van der Waals surface area contributed by atoms with Crippen molar-refractivity contribution in [1.82, 2.24) is 10.1 Å². The van der Waals surface area contributed by atoms with E-state index >= 15 is 0 Å². The number of hydrogen-bond acceptors (Lipinski definition) is 5. The molecule has 0 saturated heterocycles. The number of carbonyl (C=O) groups is 1. The predicted molar refractivity (Wildman–Crippen MR) is 82.2 cm³/mol. The lowest BCUT2D eigenvalue weighted by molar-refractivity contribution is -0.117. The zero-order valence-corrected chi connectivity index (χ0v) is 13.6. The molecule has 120 valence electrons. The average molecular weight is 297 g/mol. The van der Waals surface area contributed by atoms with Gasteiger partial charge in [-0.25, -0.2) is 0 Å². The second-order valence-corrected chi connectivity index (χ2v) is 6.52. The summed E-state index contributed by atoms with van der Waals surface area (Å²) in [6, 6.07) is 1.99. The molecule has 0 fully saturated rings. The summed E-state index contributed by atoms with van der Waals surface area (Å²) in [4.78, 5) is 14.1. The highest BCUT2D eigenvalue weighted by Crippen LogP contribution is 2.23. The Morgan fingerprint density at radius 2 is 2.14 bits per heavy atom. The van der Waals surface area contributed by atoms with Crippen molar-refractivity contribution < 1.29 is 14.4 Å². The fourth-order valence-corrected chi connectivity index (χ4v) is 1.84. The normalized spacial score (nSPS) is 12.2. The summed E-state index contributed by atoms with van der Waals surface area (Å²) in [5, 5.41) is 15.6. The Labute approximate surface area is 126 Å². The minimum atomic E-state index is -0.141. The van der Waals surface area contributed by atoms with Crippen molar-refractivity contribution in [2.75, 3.05) is 25.0 Å². The van der Waals surface area contributed by atoms with E-state index in [4.69, 9.17) is 9.63 Å². The molecule has 0 aromatic carbocycles. The second-order valence-electron chi connectivity index (χ2n) is 6.52. The molecule has 0 atom stereocenters. The van der Waals surface area contributed by atoms with E-state index in [0.29, 0.717) is 18.8 Å². The standard InChI is InChI=1S/C15H27N3O3/c1-11(2)18(7-6-8-19)10-13(20)16-14-9-12(17-21-14)15(3,4)5/h9,11,19H,6-8,10H2,1-5H3,(H,16,20). The van der Waals surface area contributed by atoms with Gasteiger partial charge in [-0.3, -0.25) is 15.0 Å². The number of nitrogens with zero attached hydrogens (tertiary/aromatic N) is 2.